The summed E-state index contributed by atoms with van der Waals surface area (Å²) in [4.78, 5) is 27.6. The molecular weight excluding hydrogens is 468 g/mol. The van der Waals surface area contributed by atoms with Crippen molar-refractivity contribution < 1.29 is 23.4 Å². The van der Waals surface area contributed by atoms with Crippen LogP contribution in [0.4, 0.5) is 26.0 Å². The average Bonchev–Trinajstić information content (AvgIpc) is 3.24. The number of aliphatic hydroxyl groups is 1. The molecule has 1 amide bonds. The molecule has 8 nitrogen and oxygen atoms in total. The minimum Gasteiger partial charge on any atom is -0.420 e. The number of hydrogen-bond acceptors (Lipinski definition) is 7. The number of benzene rings is 1. The fourth-order valence-corrected chi connectivity index (χ4v) is 3.47. The molecule has 1 aromatic carbocycles. The number of ether oxygens (including phenoxy) is 1. The van der Waals surface area contributed by atoms with Gasteiger partial charge >= 0.3 is 5.57 Å². The van der Waals surface area contributed by atoms with E-state index < -0.39 is 17.6 Å². The van der Waals surface area contributed by atoms with Gasteiger partial charge in [0.1, 0.15) is 11.4 Å². The highest BCUT2D eigenvalue weighted by molar-refractivity contribution is 6.20. The molecule has 1 aliphatic rings. The number of pyridine rings is 2. The second-order valence-corrected chi connectivity index (χ2v) is 7.96. The van der Waals surface area contributed by atoms with Gasteiger partial charge in [0.2, 0.25) is 0 Å². The van der Waals surface area contributed by atoms with Crippen molar-refractivity contribution in [2.24, 2.45) is 4.99 Å². The summed E-state index contributed by atoms with van der Waals surface area (Å²) in [7, 11) is 0. The zero-order valence-corrected chi connectivity index (χ0v) is 18.5. The van der Waals surface area contributed by atoms with Crippen LogP contribution in [-0.4, -0.2) is 52.0 Å². The summed E-state index contributed by atoms with van der Waals surface area (Å²) in [5, 5.41) is 12.6. The van der Waals surface area contributed by atoms with Crippen molar-refractivity contribution in [2.75, 3.05) is 23.3 Å². The summed E-state index contributed by atoms with van der Waals surface area (Å²) in [6.45, 7) is 1.04. The van der Waals surface area contributed by atoms with Crippen LogP contribution < -0.4 is 15.0 Å². The van der Waals surface area contributed by atoms with Crippen LogP contribution >= 0.6 is 11.6 Å². The fourth-order valence-electron chi connectivity index (χ4n) is 3.38. The lowest BCUT2D eigenvalue weighted by molar-refractivity contribution is -0.0964. The lowest BCUT2D eigenvalue weighted by atomic mass is 10.2. The van der Waals surface area contributed by atoms with E-state index in [1.54, 1.807) is 36.8 Å². The summed E-state index contributed by atoms with van der Waals surface area (Å²) in [5.41, 5.74) is -1.92. The van der Waals surface area contributed by atoms with Crippen molar-refractivity contribution in [3.63, 3.8) is 0 Å². The molecule has 1 saturated heterocycles. The number of rotatable bonds is 7. The Hall–Kier alpha value is -3.63. The molecule has 0 saturated carbocycles. The molecule has 1 unspecified atom stereocenters. The summed E-state index contributed by atoms with van der Waals surface area (Å²) in [6, 6.07) is 10.5. The Morgan fingerprint density at radius 2 is 2.00 bits per heavy atom. The number of aliphatic hydroxyl groups excluding tert-OH is 1. The van der Waals surface area contributed by atoms with Gasteiger partial charge in [-0.1, -0.05) is 0 Å². The maximum Gasteiger partial charge on any atom is 0.487 e. The van der Waals surface area contributed by atoms with Crippen LogP contribution in [-0.2, 0) is 0 Å². The highest BCUT2D eigenvalue weighted by atomic mass is 35.5. The monoisotopic (exact) mass is 487 g/mol. The largest absolute Gasteiger partial charge is 0.487 e. The lowest BCUT2D eigenvalue weighted by Gasteiger charge is -2.19. The molecule has 4 rings (SSSR count). The number of carbonyl (C=O) groups excluding carboxylic acids is 1. The van der Waals surface area contributed by atoms with Crippen LogP contribution in [0.1, 0.15) is 22.3 Å². The molecule has 1 atom stereocenters. The Kier molecular flexibility index (Phi) is 6.99. The molecule has 0 aliphatic carbocycles. The van der Waals surface area contributed by atoms with E-state index in [4.69, 9.17) is 11.6 Å². The molecular formula is C23H20ClF2N5O3. The fraction of sp³-hybridized carbons (Fsp3) is 0.217. The highest BCUT2D eigenvalue weighted by Gasteiger charge is 2.27. The number of anilines is 2. The number of amides is 1. The van der Waals surface area contributed by atoms with Crippen molar-refractivity contribution in [2.45, 2.75) is 18.1 Å². The van der Waals surface area contributed by atoms with E-state index in [2.05, 4.69) is 25.0 Å². The average molecular weight is 488 g/mol. The number of hydrogen-bond donors (Lipinski definition) is 2. The minimum absolute atomic E-state index is 0.149. The molecule has 11 heteroatoms. The number of aliphatic imine (C=N–C) groups is 1. The predicted octanol–water partition coefficient (Wildman–Crippen LogP) is 4.22. The summed E-state index contributed by atoms with van der Waals surface area (Å²) in [6.07, 6.45) is 6.52. The second kappa shape index (κ2) is 10.1. The molecule has 3 aromatic rings. The third-order valence-electron chi connectivity index (χ3n) is 4.98. The van der Waals surface area contributed by atoms with Gasteiger partial charge in [-0.25, -0.2) is 4.98 Å². The molecule has 0 spiro atoms. The number of carbonyl (C=O) groups is 1. The Bertz CT molecular complexity index is 1170. The third kappa shape index (κ3) is 6.24. The highest BCUT2D eigenvalue weighted by Crippen LogP contribution is 2.31. The number of halogens is 3. The maximum atomic E-state index is 12.8. The van der Waals surface area contributed by atoms with Crippen LogP contribution in [0.15, 0.2) is 66.0 Å². The van der Waals surface area contributed by atoms with E-state index in [-0.39, 0.29) is 11.3 Å². The molecule has 0 radical (unpaired) electrons. The van der Waals surface area contributed by atoms with Crippen molar-refractivity contribution >= 4 is 40.9 Å². The number of aromatic nitrogens is 2. The summed E-state index contributed by atoms with van der Waals surface area (Å²) in [5.74, 6) is -0.0522. The number of β-amino-alcohol motifs (C(OH)–C–C–N with tert-alkyl or cyclic N) is 1. The molecule has 3 heterocycles. The van der Waals surface area contributed by atoms with E-state index in [1.165, 1.54) is 30.5 Å². The topological polar surface area (TPSA) is 99.9 Å². The first-order valence-corrected chi connectivity index (χ1v) is 10.7. The van der Waals surface area contributed by atoms with Crippen molar-refractivity contribution in [3.05, 3.63) is 72.2 Å². The number of alkyl halides is 3. The molecule has 2 N–H and O–H groups in total. The van der Waals surface area contributed by atoms with Gasteiger partial charge in [0.05, 0.1) is 11.7 Å². The third-order valence-corrected chi connectivity index (χ3v) is 5.05. The van der Waals surface area contributed by atoms with Gasteiger partial charge in [-0.3, -0.25) is 14.8 Å². The summed E-state index contributed by atoms with van der Waals surface area (Å²) < 4.78 is 29.8. The van der Waals surface area contributed by atoms with Gasteiger partial charge in [0, 0.05) is 55.2 Å². The Labute approximate surface area is 198 Å². The van der Waals surface area contributed by atoms with Gasteiger partial charge in [-0.15, -0.1) is 8.78 Å². The van der Waals surface area contributed by atoms with E-state index in [9.17, 15) is 18.7 Å². The zero-order valence-electron chi connectivity index (χ0n) is 17.7. The van der Waals surface area contributed by atoms with Crippen LogP contribution in [0, 0.1) is 0 Å². The second-order valence-electron chi connectivity index (χ2n) is 7.52. The lowest BCUT2D eigenvalue weighted by Crippen LogP contribution is -2.23. The van der Waals surface area contributed by atoms with E-state index in [0.717, 1.165) is 5.56 Å². The Balaban J connectivity index is 1.55. The minimum atomic E-state index is -3.82. The summed E-state index contributed by atoms with van der Waals surface area (Å²) >= 11 is 4.76. The van der Waals surface area contributed by atoms with E-state index in [0.29, 0.717) is 36.7 Å². The van der Waals surface area contributed by atoms with Crippen molar-refractivity contribution in [3.8, 4) is 5.75 Å². The standard InChI is InChI=1S/C23H20ClF2N5O3/c24-23(25,26)34-19-3-1-17(2-4-19)30-22(33)16-11-20(28-12-15-5-8-27-9-6-15)21(29-13-16)31-10-7-18(32)14-31/h1-6,8-9,11-13,18,32H,7,10,14H2,(H,30,33). The molecule has 2 aromatic heterocycles. The molecule has 34 heavy (non-hydrogen) atoms. The first-order valence-electron chi connectivity index (χ1n) is 10.3. The molecule has 1 fully saturated rings. The van der Waals surface area contributed by atoms with Crippen LogP contribution in [0.3, 0.4) is 0 Å². The van der Waals surface area contributed by atoms with Crippen LogP contribution in [0.5, 0.6) is 5.75 Å². The molecule has 1 aliphatic heterocycles. The smallest absolute Gasteiger partial charge is 0.420 e. The van der Waals surface area contributed by atoms with Crippen molar-refractivity contribution in [1.29, 1.82) is 0 Å². The zero-order chi connectivity index (χ0) is 24.1. The normalized spacial score (nSPS) is 16.1. The van der Waals surface area contributed by atoms with E-state index >= 15 is 0 Å². The van der Waals surface area contributed by atoms with Gasteiger partial charge < -0.3 is 20.1 Å². The predicted molar refractivity (Wildman–Crippen MR) is 124 cm³/mol. The van der Waals surface area contributed by atoms with Gasteiger partial charge in [0.25, 0.3) is 5.91 Å². The first-order chi connectivity index (χ1) is 16.3. The number of nitrogens with one attached hydrogen (secondary N) is 1. The quantitative estimate of drug-likeness (QED) is 0.382. The maximum absolute atomic E-state index is 12.8. The van der Waals surface area contributed by atoms with Crippen molar-refractivity contribution in [1.82, 2.24) is 9.97 Å². The molecule has 176 valence electrons. The van der Waals surface area contributed by atoms with Crippen LogP contribution in [0.25, 0.3) is 0 Å². The van der Waals surface area contributed by atoms with Crippen LogP contribution in [0.2, 0.25) is 0 Å². The van der Waals surface area contributed by atoms with Gasteiger partial charge in [0.15, 0.2) is 5.82 Å². The van der Waals surface area contributed by atoms with Gasteiger partial charge in [-0.2, -0.15) is 0 Å². The number of nitrogens with zero attached hydrogens (tertiary/aromatic N) is 4. The first kappa shape index (κ1) is 23.5. The van der Waals surface area contributed by atoms with E-state index in [1.807, 2.05) is 4.90 Å². The van der Waals surface area contributed by atoms with Gasteiger partial charge in [-0.05, 0) is 54.4 Å². The molecule has 0 bridgehead atoms. The Morgan fingerprint density at radius 1 is 1.26 bits per heavy atom. The SMILES string of the molecule is O=C(Nc1ccc(OC(F)(F)Cl)cc1)c1cnc(N2CCC(O)C2)c(N=Cc2ccncc2)c1. The Morgan fingerprint density at radius 3 is 2.65 bits per heavy atom.